The number of amides is 1. The summed E-state index contributed by atoms with van der Waals surface area (Å²) >= 11 is 11.9. The molecule has 3 nitrogen and oxygen atoms in total. The number of carbonyl (C=O) groups excluding carboxylic acids is 1. The summed E-state index contributed by atoms with van der Waals surface area (Å²) in [6, 6.07) is 5.16. The van der Waals surface area contributed by atoms with E-state index in [-0.39, 0.29) is 5.91 Å². The summed E-state index contributed by atoms with van der Waals surface area (Å²) in [5.41, 5.74) is 3.28. The quantitative estimate of drug-likeness (QED) is 0.202. The standard InChI is InChI=1S/C21H32Cl2N2O/c1-2-3-4-5-6-7-8-9-10-11-12-13-21(26)25-24-17-18-14-15-19(22)16-20(18)23/h14-17H,2-13H2,1H3,(H,25,26)/b24-17+. The minimum absolute atomic E-state index is 0.0535. The highest BCUT2D eigenvalue weighted by atomic mass is 35.5. The van der Waals surface area contributed by atoms with E-state index in [1.165, 1.54) is 64.0 Å². The Labute approximate surface area is 168 Å². The van der Waals surface area contributed by atoms with Gasteiger partial charge in [-0.25, -0.2) is 5.43 Å². The highest BCUT2D eigenvalue weighted by Crippen LogP contribution is 2.19. The maximum atomic E-state index is 11.8. The fraction of sp³-hybridized carbons (Fsp3) is 0.619. The summed E-state index contributed by atoms with van der Waals surface area (Å²) in [7, 11) is 0. The van der Waals surface area contributed by atoms with Crippen LogP contribution < -0.4 is 5.43 Å². The number of halogens is 2. The van der Waals surface area contributed by atoms with Gasteiger partial charge in [-0.2, -0.15) is 5.10 Å². The fourth-order valence-electron chi connectivity index (χ4n) is 2.79. The van der Waals surface area contributed by atoms with Gasteiger partial charge >= 0.3 is 0 Å². The van der Waals surface area contributed by atoms with Gasteiger partial charge in [0.25, 0.3) is 0 Å². The number of rotatable bonds is 14. The van der Waals surface area contributed by atoms with E-state index in [1.807, 2.05) is 0 Å². The lowest BCUT2D eigenvalue weighted by atomic mass is 10.1. The van der Waals surface area contributed by atoms with Crippen molar-refractivity contribution in [3.05, 3.63) is 33.8 Å². The minimum Gasteiger partial charge on any atom is -0.273 e. The number of hydrazone groups is 1. The lowest BCUT2D eigenvalue weighted by Crippen LogP contribution is -2.16. The molecule has 0 saturated carbocycles. The van der Waals surface area contributed by atoms with Crippen LogP contribution in [-0.2, 0) is 4.79 Å². The van der Waals surface area contributed by atoms with E-state index in [0.29, 0.717) is 16.5 Å². The molecule has 1 N–H and O–H groups in total. The molecule has 0 unspecified atom stereocenters. The van der Waals surface area contributed by atoms with Gasteiger partial charge < -0.3 is 0 Å². The van der Waals surface area contributed by atoms with Crippen LogP contribution in [0.1, 0.15) is 89.5 Å². The van der Waals surface area contributed by atoms with Crippen molar-refractivity contribution >= 4 is 35.3 Å². The van der Waals surface area contributed by atoms with Crippen molar-refractivity contribution in [3.8, 4) is 0 Å². The smallest absolute Gasteiger partial charge is 0.240 e. The van der Waals surface area contributed by atoms with E-state index in [2.05, 4.69) is 17.5 Å². The highest BCUT2D eigenvalue weighted by molar-refractivity contribution is 6.36. The topological polar surface area (TPSA) is 41.5 Å². The van der Waals surface area contributed by atoms with E-state index in [0.717, 1.165) is 18.4 Å². The van der Waals surface area contributed by atoms with Gasteiger partial charge in [-0.1, -0.05) is 100 Å². The summed E-state index contributed by atoms with van der Waals surface area (Å²) in [5.74, 6) is -0.0535. The third-order valence-corrected chi connectivity index (χ3v) is 4.93. The van der Waals surface area contributed by atoms with Gasteiger partial charge in [0.15, 0.2) is 0 Å². The van der Waals surface area contributed by atoms with E-state index in [9.17, 15) is 4.79 Å². The molecule has 0 aromatic heterocycles. The van der Waals surface area contributed by atoms with Crippen LogP contribution in [0.15, 0.2) is 23.3 Å². The molecule has 0 fully saturated rings. The maximum Gasteiger partial charge on any atom is 0.240 e. The molecule has 0 saturated heterocycles. The van der Waals surface area contributed by atoms with Crippen LogP contribution in [0.4, 0.5) is 0 Å². The molecule has 1 rings (SSSR count). The Kier molecular flexibility index (Phi) is 13.3. The predicted molar refractivity (Wildman–Crippen MR) is 113 cm³/mol. The van der Waals surface area contributed by atoms with Crippen molar-refractivity contribution in [2.75, 3.05) is 0 Å². The third-order valence-electron chi connectivity index (χ3n) is 4.36. The fourth-order valence-corrected chi connectivity index (χ4v) is 3.24. The number of hydrogen-bond acceptors (Lipinski definition) is 2. The summed E-state index contributed by atoms with van der Waals surface area (Å²) in [6.45, 7) is 2.25. The van der Waals surface area contributed by atoms with Crippen LogP contribution in [0.3, 0.4) is 0 Å². The van der Waals surface area contributed by atoms with Gasteiger partial charge in [0.1, 0.15) is 0 Å². The van der Waals surface area contributed by atoms with Crippen LogP contribution >= 0.6 is 23.2 Å². The second-order valence-corrected chi connectivity index (χ2v) is 7.59. The number of unbranched alkanes of at least 4 members (excludes halogenated alkanes) is 10. The molecule has 0 bridgehead atoms. The second kappa shape index (κ2) is 15.0. The number of nitrogens with zero attached hydrogens (tertiary/aromatic N) is 1. The molecule has 146 valence electrons. The molecule has 0 aliphatic carbocycles. The van der Waals surface area contributed by atoms with Crippen LogP contribution in [-0.4, -0.2) is 12.1 Å². The van der Waals surface area contributed by atoms with E-state index < -0.39 is 0 Å². The van der Waals surface area contributed by atoms with Crippen LogP contribution in [0.25, 0.3) is 0 Å². The minimum atomic E-state index is -0.0535. The first-order valence-corrected chi connectivity index (χ1v) is 10.7. The monoisotopic (exact) mass is 398 g/mol. The first kappa shape index (κ1) is 23.0. The Morgan fingerprint density at radius 3 is 2.12 bits per heavy atom. The Hall–Kier alpha value is -1.06. The molecule has 0 aliphatic rings. The summed E-state index contributed by atoms with van der Waals surface area (Å²) in [6.07, 6.45) is 16.1. The summed E-state index contributed by atoms with van der Waals surface area (Å²) < 4.78 is 0. The van der Waals surface area contributed by atoms with E-state index in [1.54, 1.807) is 18.2 Å². The molecule has 1 amide bonds. The normalized spacial score (nSPS) is 11.2. The molecule has 0 heterocycles. The van der Waals surface area contributed by atoms with Crippen molar-refractivity contribution < 1.29 is 4.79 Å². The van der Waals surface area contributed by atoms with Crippen LogP contribution in [0, 0.1) is 0 Å². The first-order valence-electron chi connectivity index (χ1n) is 9.90. The van der Waals surface area contributed by atoms with Crippen molar-refractivity contribution in [1.29, 1.82) is 0 Å². The van der Waals surface area contributed by atoms with Gasteiger partial charge in [0.2, 0.25) is 5.91 Å². The summed E-state index contributed by atoms with van der Waals surface area (Å²) in [4.78, 5) is 11.8. The van der Waals surface area contributed by atoms with Gasteiger partial charge in [-0.15, -0.1) is 0 Å². The average molecular weight is 399 g/mol. The molecule has 0 aliphatic heterocycles. The Bertz CT molecular complexity index is 547. The zero-order valence-electron chi connectivity index (χ0n) is 15.9. The van der Waals surface area contributed by atoms with Crippen LogP contribution in [0.2, 0.25) is 10.0 Å². The molecular weight excluding hydrogens is 367 g/mol. The molecule has 0 radical (unpaired) electrons. The molecule has 26 heavy (non-hydrogen) atoms. The summed E-state index contributed by atoms with van der Waals surface area (Å²) in [5, 5.41) is 5.04. The largest absolute Gasteiger partial charge is 0.273 e. The number of nitrogens with one attached hydrogen (secondary N) is 1. The zero-order valence-corrected chi connectivity index (χ0v) is 17.4. The molecular formula is C21H32Cl2N2O. The lowest BCUT2D eigenvalue weighted by Gasteiger charge is -2.03. The van der Waals surface area contributed by atoms with Gasteiger partial charge in [0.05, 0.1) is 11.2 Å². The number of hydrogen-bond donors (Lipinski definition) is 1. The van der Waals surface area contributed by atoms with Crippen LogP contribution in [0.5, 0.6) is 0 Å². The Balaban J connectivity index is 1.99. The highest BCUT2D eigenvalue weighted by Gasteiger charge is 2.01. The molecule has 5 heteroatoms. The van der Waals surface area contributed by atoms with Gasteiger partial charge in [0, 0.05) is 17.0 Å². The second-order valence-electron chi connectivity index (χ2n) is 6.74. The Morgan fingerprint density at radius 1 is 0.962 bits per heavy atom. The van der Waals surface area contributed by atoms with E-state index >= 15 is 0 Å². The molecule has 1 aromatic carbocycles. The predicted octanol–water partition coefficient (Wildman–Crippen LogP) is 7.14. The number of carbonyl (C=O) groups is 1. The lowest BCUT2D eigenvalue weighted by molar-refractivity contribution is -0.121. The van der Waals surface area contributed by atoms with Gasteiger partial charge in [-0.3, -0.25) is 4.79 Å². The zero-order chi connectivity index (χ0) is 19.0. The SMILES string of the molecule is CCCCCCCCCCCCCC(=O)N/N=C/c1ccc(Cl)cc1Cl. The third kappa shape index (κ3) is 11.5. The number of benzene rings is 1. The molecule has 1 aromatic rings. The van der Waals surface area contributed by atoms with Gasteiger partial charge in [-0.05, 0) is 18.6 Å². The van der Waals surface area contributed by atoms with E-state index in [4.69, 9.17) is 23.2 Å². The Morgan fingerprint density at radius 2 is 1.54 bits per heavy atom. The van der Waals surface area contributed by atoms with Crippen molar-refractivity contribution in [3.63, 3.8) is 0 Å². The maximum absolute atomic E-state index is 11.8. The first-order chi connectivity index (χ1) is 12.6. The molecule has 0 spiro atoms. The molecule has 0 atom stereocenters. The van der Waals surface area contributed by atoms with Crippen molar-refractivity contribution in [2.45, 2.75) is 84.0 Å². The average Bonchev–Trinajstić information content (AvgIpc) is 2.61. The van der Waals surface area contributed by atoms with Crippen molar-refractivity contribution in [1.82, 2.24) is 5.43 Å². The van der Waals surface area contributed by atoms with Crippen molar-refractivity contribution in [2.24, 2.45) is 5.10 Å².